The molecule has 49 heavy (non-hydrogen) atoms. The minimum absolute atomic E-state index is 0.128. The highest BCUT2D eigenvalue weighted by Gasteiger charge is 2.24. The van der Waals surface area contributed by atoms with E-state index >= 15 is 0 Å². The standard InChI is InChI=1S/C10H16O2.C8H13NO.C7H10O3.C6H9NO.C6H8O3/c1-2-6-10(11)12-9-7-4-3-5-8-9;1-2-9-7-5-3-4-6-8(9)10;1-2-3-7(8)10-5-6-4-9-6;1-2-7-5-3-4-6(7)8;1-2-6(7)9-4-5-3-8-5/h2,9H,1,3-8H2;2H,1,3-7H2;2,6H,1,3-5H2;2H,1,3-5H2;2,5H,1,3-4H2. The van der Waals surface area contributed by atoms with Gasteiger partial charge in [0.1, 0.15) is 31.5 Å². The van der Waals surface area contributed by atoms with Gasteiger partial charge in [-0.15, -0.1) is 13.2 Å². The summed E-state index contributed by atoms with van der Waals surface area (Å²) in [4.78, 5) is 57.1. The van der Waals surface area contributed by atoms with Gasteiger partial charge in [-0.2, -0.15) is 0 Å². The van der Waals surface area contributed by atoms with Crippen molar-refractivity contribution in [3.05, 3.63) is 63.5 Å². The first kappa shape index (κ1) is 43.0. The maximum Gasteiger partial charge on any atom is 0.330 e. The Morgan fingerprint density at radius 3 is 1.63 bits per heavy atom. The predicted molar refractivity (Wildman–Crippen MR) is 186 cm³/mol. The Kier molecular flexibility index (Phi) is 23.6. The highest BCUT2D eigenvalue weighted by molar-refractivity contribution is 5.81. The first-order valence-corrected chi connectivity index (χ1v) is 17.1. The molecule has 4 heterocycles. The molecule has 0 radical (unpaired) electrons. The van der Waals surface area contributed by atoms with Crippen molar-refractivity contribution in [3.8, 4) is 0 Å². The summed E-state index contributed by atoms with van der Waals surface area (Å²) in [6.45, 7) is 21.2. The van der Waals surface area contributed by atoms with Gasteiger partial charge in [0.25, 0.3) is 0 Å². The molecule has 5 aliphatic rings. The van der Waals surface area contributed by atoms with Crippen molar-refractivity contribution in [2.45, 2.75) is 102 Å². The molecule has 1 saturated carbocycles. The number of epoxide rings is 2. The Labute approximate surface area is 291 Å². The largest absolute Gasteiger partial charge is 0.463 e. The summed E-state index contributed by atoms with van der Waals surface area (Å²) in [7, 11) is 0. The molecule has 0 spiro atoms. The minimum atomic E-state index is -0.384. The summed E-state index contributed by atoms with van der Waals surface area (Å²) in [5.41, 5.74) is 0. The topological polar surface area (TPSA) is 145 Å². The maximum absolute atomic E-state index is 11.1. The first-order chi connectivity index (χ1) is 23.7. The predicted octanol–water partition coefficient (Wildman–Crippen LogP) is 5.34. The lowest BCUT2D eigenvalue weighted by atomic mass is 9.98. The number of ether oxygens (including phenoxy) is 5. The molecule has 4 aliphatic heterocycles. The fraction of sp³-hybridized carbons (Fsp3) is 0.595. The van der Waals surface area contributed by atoms with Crippen LogP contribution in [-0.4, -0.2) is 97.4 Å². The second-order valence-corrected chi connectivity index (χ2v) is 11.6. The van der Waals surface area contributed by atoms with Crippen molar-refractivity contribution < 1.29 is 47.7 Å². The highest BCUT2D eigenvalue weighted by Crippen LogP contribution is 2.20. The van der Waals surface area contributed by atoms with Gasteiger partial charge in [0.05, 0.1) is 26.1 Å². The summed E-state index contributed by atoms with van der Waals surface area (Å²) >= 11 is 0. The van der Waals surface area contributed by atoms with Crippen molar-refractivity contribution in [1.29, 1.82) is 0 Å². The lowest BCUT2D eigenvalue weighted by Crippen LogP contribution is -2.23. The second-order valence-electron chi connectivity index (χ2n) is 11.6. The molecule has 0 aromatic rings. The monoisotopic (exact) mass is 688 g/mol. The first-order valence-electron chi connectivity index (χ1n) is 17.1. The zero-order valence-electron chi connectivity index (χ0n) is 29.1. The summed E-state index contributed by atoms with van der Waals surface area (Å²) < 4.78 is 24.3. The molecule has 0 aromatic carbocycles. The van der Waals surface area contributed by atoms with Gasteiger partial charge < -0.3 is 33.5 Å². The van der Waals surface area contributed by atoms with Gasteiger partial charge in [-0.1, -0.05) is 44.7 Å². The number of amides is 2. The summed E-state index contributed by atoms with van der Waals surface area (Å²) in [5.74, 6) is -0.305. The number of esters is 3. The van der Waals surface area contributed by atoms with Crippen molar-refractivity contribution in [2.24, 2.45) is 0 Å². The third kappa shape index (κ3) is 23.0. The van der Waals surface area contributed by atoms with Crippen molar-refractivity contribution in [2.75, 3.05) is 39.5 Å². The van der Waals surface area contributed by atoms with E-state index in [0.717, 1.165) is 57.9 Å². The van der Waals surface area contributed by atoms with E-state index in [-0.39, 0.29) is 54.5 Å². The van der Waals surface area contributed by atoms with Crippen LogP contribution in [0.4, 0.5) is 0 Å². The SMILES string of the molecule is C=CC(=O)OCC1CO1.C=CCC(=O)OC1CCCCC1.C=CCC(=O)OCC1CO1.C=CN1CCCC1=O.C=CN1CCCCCC1=O. The van der Waals surface area contributed by atoms with Gasteiger partial charge in [-0.05, 0) is 57.3 Å². The third-order valence-electron chi connectivity index (χ3n) is 7.45. The van der Waals surface area contributed by atoms with Crippen LogP contribution in [0.1, 0.15) is 83.5 Å². The second kappa shape index (κ2) is 26.9. The molecule has 0 aromatic heterocycles. The van der Waals surface area contributed by atoms with E-state index in [0.29, 0.717) is 39.1 Å². The van der Waals surface area contributed by atoms with E-state index in [9.17, 15) is 24.0 Å². The Morgan fingerprint density at radius 1 is 0.673 bits per heavy atom. The normalized spacial score (nSPS) is 20.6. The molecule has 274 valence electrons. The lowest BCUT2D eigenvalue weighted by molar-refractivity contribution is -0.149. The average molecular weight is 689 g/mol. The van der Waals surface area contributed by atoms with Crippen LogP contribution < -0.4 is 0 Å². The third-order valence-corrected chi connectivity index (χ3v) is 7.45. The molecule has 2 amide bonds. The molecule has 0 N–H and O–H groups in total. The highest BCUT2D eigenvalue weighted by atomic mass is 16.6. The van der Waals surface area contributed by atoms with Gasteiger partial charge in [0.15, 0.2) is 0 Å². The van der Waals surface area contributed by atoms with Crippen LogP contribution in [0.5, 0.6) is 0 Å². The number of likely N-dealkylation sites (tertiary alicyclic amines) is 2. The molecule has 5 fully saturated rings. The van der Waals surface area contributed by atoms with Crippen LogP contribution in [0.2, 0.25) is 0 Å². The van der Waals surface area contributed by atoms with E-state index in [1.54, 1.807) is 28.3 Å². The molecule has 5 rings (SSSR count). The van der Waals surface area contributed by atoms with Gasteiger partial charge in [0, 0.05) is 32.0 Å². The molecule has 0 bridgehead atoms. The fourth-order valence-electron chi connectivity index (χ4n) is 4.52. The van der Waals surface area contributed by atoms with Crippen LogP contribution in [-0.2, 0) is 47.7 Å². The van der Waals surface area contributed by atoms with E-state index in [1.165, 1.54) is 31.8 Å². The van der Waals surface area contributed by atoms with Crippen LogP contribution in [0, 0.1) is 0 Å². The van der Waals surface area contributed by atoms with Crippen LogP contribution in [0.15, 0.2) is 63.5 Å². The lowest BCUT2D eigenvalue weighted by Gasteiger charge is -2.21. The number of rotatable bonds is 12. The van der Waals surface area contributed by atoms with Gasteiger partial charge in [0.2, 0.25) is 11.8 Å². The zero-order valence-corrected chi connectivity index (χ0v) is 29.1. The summed E-state index contributed by atoms with van der Waals surface area (Å²) in [6.07, 6.45) is 20.1. The zero-order chi connectivity index (χ0) is 36.3. The van der Waals surface area contributed by atoms with Crippen molar-refractivity contribution >= 4 is 29.7 Å². The fourth-order valence-corrected chi connectivity index (χ4v) is 4.52. The number of nitrogens with zero attached hydrogens (tertiary/aromatic N) is 2. The molecule has 4 saturated heterocycles. The van der Waals surface area contributed by atoms with Crippen LogP contribution in [0.25, 0.3) is 0 Å². The summed E-state index contributed by atoms with van der Waals surface area (Å²) in [6, 6.07) is 0. The van der Waals surface area contributed by atoms with E-state index in [2.05, 4.69) is 37.6 Å². The van der Waals surface area contributed by atoms with E-state index < -0.39 is 0 Å². The molecule has 12 nitrogen and oxygen atoms in total. The molecular weight excluding hydrogens is 632 g/mol. The Balaban J connectivity index is 0.000000308. The van der Waals surface area contributed by atoms with Crippen molar-refractivity contribution in [1.82, 2.24) is 9.80 Å². The van der Waals surface area contributed by atoms with Gasteiger partial charge in [-0.3, -0.25) is 19.2 Å². The number of carbonyl (C=O) groups is 5. The molecular formula is C37H56N2O10. The number of carbonyl (C=O) groups excluding carboxylic acids is 5. The number of hydrogen-bond acceptors (Lipinski definition) is 10. The molecule has 1 aliphatic carbocycles. The Morgan fingerprint density at radius 2 is 1.16 bits per heavy atom. The Hall–Kier alpha value is -4.03. The molecule has 2 unspecified atom stereocenters. The minimum Gasteiger partial charge on any atom is -0.463 e. The molecule has 12 heteroatoms. The van der Waals surface area contributed by atoms with Crippen molar-refractivity contribution in [3.63, 3.8) is 0 Å². The van der Waals surface area contributed by atoms with E-state index in [4.69, 9.17) is 18.9 Å². The average Bonchev–Trinajstić information content (AvgIpc) is 4.04. The Bertz CT molecular complexity index is 1080. The quantitative estimate of drug-likeness (QED) is 0.0866. The van der Waals surface area contributed by atoms with Gasteiger partial charge >= 0.3 is 17.9 Å². The smallest absolute Gasteiger partial charge is 0.330 e. The van der Waals surface area contributed by atoms with Crippen LogP contribution in [0.3, 0.4) is 0 Å². The van der Waals surface area contributed by atoms with Crippen LogP contribution >= 0.6 is 0 Å². The van der Waals surface area contributed by atoms with Gasteiger partial charge in [-0.25, -0.2) is 4.79 Å². The number of hydrogen-bond donors (Lipinski definition) is 0. The maximum atomic E-state index is 11.1. The summed E-state index contributed by atoms with van der Waals surface area (Å²) in [5, 5.41) is 0. The molecule has 2 atom stereocenters. The van der Waals surface area contributed by atoms with E-state index in [1.807, 2.05) is 0 Å².